The molecule has 1 unspecified atom stereocenters. The smallest absolute Gasteiger partial charge is 0.306 e. The summed E-state index contributed by atoms with van der Waals surface area (Å²) in [5.74, 6) is -0.857. The summed E-state index contributed by atoms with van der Waals surface area (Å²) >= 11 is 0. The van der Waals surface area contributed by atoms with Crippen LogP contribution in [0.4, 0.5) is 0 Å². The van der Waals surface area contributed by atoms with Crippen molar-refractivity contribution >= 4 is 17.9 Å². The fourth-order valence-electron chi connectivity index (χ4n) is 10.6. The molecule has 0 amide bonds. The molecule has 0 aliphatic rings. The Bertz CT molecular complexity index is 1500. The molecule has 0 fully saturated rings. The molecule has 0 aromatic heterocycles. The Hall–Kier alpha value is -3.15. The average molecular weight is 1150 g/mol. The zero-order valence-corrected chi connectivity index (χ0v) is 54.8. The van der Waals surface area contributed by atoms with Gasteiger partial charge in [-0.1, -0.05) is 338 Å². The van der Waals surface area contributed by atoms with Gasteiger partial charge in [-0.3, -0.25) is 14.4 Å². The maximum absolute atomic E-state index is 13.0. The summed E-state index contributed by atoms with van der Waals surface area (Å²) in [7, 11) is 0. The highest BCUT2D eigenvalue weighted by molar-refractivity contribution is 5.71. The van der Waals surface area contributed by atoms with Gasteiger partial charge in [0.05, 0.1) is 0 Å². The predicted molar refractivity (Wildman–Crippen MR) is 358 cm³/mol. The first-order chi connectivity index (χ1) is 40.5. The molecule has 0 aliphatic heterocycles. The van der Waals surface area contributed by atoms with Crippen LogP contribution in [-0.4, -0.2) is 37.2 Å². The molecule has 82 heavy (non-hydrogen) atoms. The predicted octanol–water partition coefficient (Wildman–Crippen LogP) is 24.8. The van der Waals surface area contributed by atoms with Crippen LogP contribution in [0, 0.1) is 0 Å². The van der Waals surface area contributed by atoms with E-state index in [0.29, 0.717) is 19.3 Å². The largest absolute Gasteiger partial charge is 0.462 e. The number of carbonyl (C=O) groups is 3. The summed E-state index contributed by atoms with van der Waals surface area (Å²) in [5, 5.41) is 0. The fraction of sp³-hybridized carbons (Fsp3) is 0.803. The number of ether oxygens (including phenoxy) is 3. The SMILES string of the molecule is CC/C=C\C/C=C\C/C=C\C/C=C\C/C=C\CCCCCCCCCCCC(=O)OCC(COC(=O)CCCCCCCCCCC/C=C\CCCCCCCC)OC(=O)CCCCCCCCCCCCCCCCCCCCCC. The van der Waals surface area contributed by atoms with Crippen molar-refractivity contribution in [1.29, 1.82) is 0 Å². The van der Waals surface area contributed by atoms with Gasteiger partial charge in [-0.25, -0.2) is 0 Å². The van der Waals surface area contributed by atoms with Gasteiger partial charge in [0.15, 0.2) is 6.10 Å². The van der Waals surface area contributed by atoms with E-state index in [4.69, 9.17) is 14.2 Å². The molecule has 0 heterocycles. The third kappa shape index (κ3) is 67.6. The molecular formula is C76H136O6. The van der Waals surface area contributed by atoms with Gasteiger partial charge in [0, 0.05) is 19.3 Å². The first-order valence-corrected chi connectivity index (χ1v) is 35.9. The van der Waals surface area contributed by atoms with Gasteiger partial charge < -0.3 is 14.2 Å². The standard InChI is InChI=1S/C76H136O6/c1-4-7-10-13-16-19-22-25-28-31-34-36-37-38-39-40-43-45-48-51-54-57-60-63-66-69-75(78)81-72-73(71-80-74(77)68-65-62-59-56-53-50-47-44-41-33-30-27-24-21-18-15-12-9-6-3)82-76(79)70-67-64-61-58-55-52-49-46-42-35-32-29-26-23-20-17-14-11-8-5-2/h7,10,16,19,25,27-28,30,34,36,38-39,73H,4-6,8-9,11-15,17-18,20-24,26,29,31-33,35,37,40-72H2,1-3H3/b10-7-,19-16-,28-25-,30-27-,36-34-,39-38-. The summed E-state index contributed by atoms with van der Waals surface area (Å²) in [5.41, 5.74) is 0. The number of esters is 3. The van der Waals surface area contributed by atoms with E-state index in [1.807, 2.05) is 0 Å². The van der Waals surface area contributed by atoms with Gasteiger partial charge >= 0.3 is 17.9 Å². The van der Waals surface area contributed by atoms with Gasteiger partial charge in [0.2, 0.25) is 0 Å². The van der Waals surface area contributed by atoms with E-state index >= 15 is 0 Å². The molecular weight excluding hydrogens is 1010 g/mol. The highest BCUT2D eigenvalue weighted by Crippen LogP contribution is 2.18. The van der Waals surface area contributed by atoms with Gasteiger partial charge in [-0.05, 0) is 89.9 Å². The van der Waals surface area contributed by atoms with E-state index in [-0.39, 0.29) is 31.1 Å². The van der Waals surface area contributed by atoms with E-state index in [2.05, 4.69) is 93.7 Å². The third-order valence-corrected chi connectivity index (χ3v) is 15.9. The lowest BCUT2D eigenvalue weighted by molar-refractivity contribution is -0.167. The first kappa shape index (κ1) is 78.8. The number of hydrogen-bond acceptors (Lipinski definition) is 6. The quantitative estimate of drug-likeness (QED) is 0.0261. The number of unbranched alkanes of at least 4 members (excludes halogenated alkanes) is 43. The number of allylic oxidation sites excluding steroid dienone is 12. The normalized spacial score (nSPS) is 12.5. The topological polar surface area (TPSA) is 78.9 Å². The van der Waals surface area contributed by atoms with Crippen LogP contribution < -0.4 is 0 Å². The summed E-state index contributed by atoms with van der Waals surface area (Å²) < 4.78 is 17.0. The van der Waals surface area contributed by atoms with Crippen LogP contribution in [-0.2, 0) is 28.6 Å². The monoisotopic (exact) mass is 1150 g/mol. The molecule has 6 nitrogen and oxygen atoms in total. The van der Waals surface area contributed by atoms with E-state index in [9.17, 15) is 14.4 Å². The summed E-state index contributed by atoms with van der Waals surface area (Å²) in [4.78, 5) is 38.5. The maximum atomic E-state index is 13.0. The Morgan fingerprint density at radius 1 is 0.256 bits per heavy atom. The molecule has 0 aromatic rings. The lowest BCUT2D eigenvalue weighted by atomic mass is 10.0. The van der Waals surface area contributed by atoms with Crippen molar-refractivity contribution in [3.8, 4) is 0 Å². The Morgan fingerprint density at radius 2 is 0.476 bits per heavy atom. The highest BCUT2D eigenvalue weighted by Gasteiger charge is 2.19. The Morgan fingerprint density at radius 3 is 0.756 bits per heavy atom. The molecule has 6 heteroatoms. The zero-order valence-electron chi connectivity index (χ0n) is 54.8. The number of carbonyl (C=O) groups excluding carboxylic acids is 3. The van der Waals surface area contributed by atoms with Crippen molar-refractivity contribution in [2.75, 3.05) is 13.2 Å². The van der Waals surface area contributed by atoms with Crippen LogP contribution in [0.25, 0.3) is 0 Å². The summed E-state index contributed by atoms with van der Waals surface area (Å²) in [6, 6.07) is 0. The Balaban J connectivity index is 4.35. The minimum atomic E-state index is -0.779. The van der Waals surface area contributed by atoms with Crippen molar-refractivity contribution in [3.05, 3.63) is 72.9 Å². The summed E-state index contributed by atoms with van der Waals surface area (Å²) in [6.45, 7) is 6.58. The zero-order chi connectivity index (χ0) is 59.2. The molecule has 476 valence electrons. The lowest BCUT2D eigenvalue weighted by Gasteiger charge is -2.18. The lowest BCUT2D eigenvalue weighted by Crippen LogP contribution is -2.30. The Labute approximate surface area is 510 Å². The van der Waals surface area contributed by atoms with Gasteiger partial charge in [0.1, 0.15) is 13.2 Å². The molecule has 0 bridgehead atoms. The van der Waals surface area contributed by atoms with Crippen LogP contribution in [0.15, 0.2) is 72.9 Å². The van der Waals surface area contributed by atoms with Crippen molar-refractivity contribution in [1.82, 2.24) is 0 Å². The number of rotatable bonds is 66. The van der Waals surface area contributed by atoms with Crippen molar-refractivity contribution in [2.24, 2.45) is 0 Å². The van der Waals surface area contributed by atoms with Crippen LogP contribution >= 0.6 is 0 Å². The second-order valence-corrected chi connectivity index (χ2v) is 24.1. The first-order valence-electron chi connectivity index (χ1n) is 35.9. The second-order valence-electron chi connectivity index (χ2n) is 24.1. The highest BCUT2D eigenvalue weighted by atomic mass is 16.6. The maximum Gasteiger partial charge on any atom is 0.306 e. The third-order valence-electron chi connectivity index (χ3n) is 15.9. The van der Waals surface area contributed by atoms with Crippen LogP contribution in [0.3, 0.4) is 0 Å². The fourth-order valence-corrected chi connectivity index (χ4v) is 10.6. The average Bonchev–Trinajstić information content (AvgIpc) is 3.47. The summed E-state index contributed by atoms with van der Waals surface area (Å²) in [6.07, 6.45) is 92.1. The van der Waals surface area contributed by atoms with Crippen LogP contribution in [0.5, 0.6) is 0 Å². The van der Waals surface area contributed by atoms with Gasteiger partial charge in [-0.2, -0.15) is 0 Å². The van der Waals surface area contributed by atoms with Crippen molar-refractivity contribution in [2.45, 2.75) is 380 Å². The van der Waals surface area contributed by atoms with E-state index < -0.39 is 6.10 Å². The molecule has 0 spiro atoms. The molecule has 0 saturated carbocycles. The van der Waals surface area contributed by atoms with Crippen molar-refractivity contribution in [3.63, 3.8) is 0 Å². The molecule has 1 atom stereocenters. The molecule has 0 aliphatic carbocycles. The number of hydrogen-bond donors (Lipinski definition) is 0. The Kier molecular flexibility index (Phi) is 67.6. The van der Waals surface area contributed by atoms with Gasteiger partial charge in [0.25, 0.3) is 0 Å². The molecule has 0 radical (unpaired) electrons. The second kappa shape index (κ2) is 70.3. The van der Waals surface area contributed by atoms with Crippen LogP contribution in [0.1, 0.15) is 374 Å². The minimum Gasteiger partial charge on any atom is -0.462 e. The van der Waals surface area contributed by atoms with E-state index in [1.54, 1.807) is 0 Å². The molecule has 0 N–H and O–H groups in total. The molecule has 0 aromatic carbocycles. The van der Waals surface area contributed by atoms with E-state index in [0.717, 1.165) is 96.3 Å². The molecule has 0 rings (SSSR count). The van der Waals surface area contributed by atoms with Crippen LogP contribution in [0.2, 0.25) is 0 Å². The van der Waals surface area contributed by atoms with E-state index in [1.165, 1.54) is 238 Å². The minimum absolute atomic E-state index is 0.0740. The van der Waals surface area contributed by atoms with Crippen molar-refractivity contribution < 1.29 is 28.6 Å². The molecule has 0 saturated heterocycles. The van der Waals surface area contributed by atoms with Gasteiger partial charge in [-0.15, -0.1) is 0 Å².